The van der Waals surface area contributed by atoms with Gasteiger partial charge in [-0.15, -0.1) is 0 Å². The number of nitrogens with one attached hydrogen (secondary N) is 1. The molecule has 2 aromatic heterocycles. The number of aryl methyl sites for hydroxylation is 3. The Morgan fingerprint density at radius 1 is 1.38 bits per heavy atom. The third-order valence-corrected chi connectivity index (χ3v) is 3.76. The number of amides is 1. The van der Waals surface area contributed by atoms with Crippen molar-refractivity contribution in [2.45, 2.75) is 45.6 Å². The van der Waals surface area contributed by atoms with E-state index in [9.17, 15) is 4.79 Å². The van der Waals surface area contributed by atoms with Crippen LogP contribution in [-0.2, 0) is 32.9 Å². The molecule has 3 rings (SSSR count). The molecule has 21 heavy (non-hydrogen) atoms. The zero-order valence-electron chi connectivity index (χ0n) is 12.3. The van der Waals surface area contributed by atoms with Crippen LogP contribution in [-0.4, -0.2) is 25.8 Å². The summed E-state index contributed by atoms with van der Waals surface area (Å²) < 4.78 is 6.75. The van der Waals surface area contributed by atoms with Gasteiger partial charge in [-0.05, 0) is 25.7 Å². The summed E-state index contributed by atoms with van der Waals surface area (Å²) in [5.41, 5.74) is 2.79. The number of fused-ring (bicyclic) bond motifs is 1. The van der Waals surface area contributed by atoms with Gasteiger partial charge in [0.05, 0.1) is 12.2 Å². The number of rotatable bonds is 4. The Balaban J connectivity index is 1.72. The maximum atomic E-state index is 12.4. The molecule has 2 aromatic rings. The minimum Gasteiger partial charge on any atom is -0.342 e. The molecule has 0 saturated carbocycles. The van der Waals surface area contributed by atoms with Crippen LogP contribution < -0.4 is 5.32 Å². The maximum Gasteiger partial charge on any atom is 0.270 e. The minimum absolute atomic E-state index is 0.135. The van der Waals surface area contributed by atoms with E-state index in [0.29, 0.717) is 23.8 Å². The Bertz CT molecular complexity index is 658. The average Bonchev–Trinajstić information content (AvgIpc) is 3.07. The molecule has 0 bridgehead atoms. The minimum atomic E-state index is -0.135. The van der Waals surface area contributed by atoms with Gasteiger partial charge in [0.15, 0.2) is 5.82 Å². The third kappa shape index (κ3) is 2.68. The Morgan fingerprint density at radius 3 is 2.95 bits per heavy atom. The molecular formula is C14H19N5O2. The average molecular weight is 289 g/mol. The lowest BCUT2D eigenvalue weighted by molar-refractivity contribution is 0.0935. The van der Waals surface area contributed by atoms with Gasteiger partial charge in [-0.3, -0.25) is 9.48 Å². The Hall–Kier alpha value is -2.18. The zero-order chi connectivity index (χ0) is 14.8. The molecule has 0 aromatic carbocycles. The van der Waals surface area contributed by atoms with Gasteiger partial charge < -0.3 is 9.84 Å². The fraction of sp³-hybridized carbons (Fsp3) is 0.571. The lowest BCUT2D eigenvalue weighted by Crippen LogP contribution is -2.26. The van der Waals surface area contributed by atoms with E-state index in [1.54, 1.807) is 4.68 Å². The largest absolute Gasteiger partial charge is 0.342 e. The second-order valence-corrected chi connectivity index (χ2v) is 5.25. The highest BCUT2D eigenvalue weighted by molar-refractivity contribution is 5.94. The number of hydrogen-bond donors (Lipinski definition) is 1. The van der Waals surface area contributed by atoms with E-state index < -0.39 is 0 Å². The number of aromatic nitrogens is 4. The quantitative estimate of drug-likeness (QED) is 0.913. The van der Waals surface area contributed by atoms with Gasteiger partial charge in [0, 0.05) is 19.0 Å². The third-order valence-electron chi connectivity index (χ3n) is 3.76. The summed E-state index contributed by atoms with van der Waals surface area (Å²) in [6.07, 6.45) is 4.86. The topological polar surface area (TPSA) is 85.8 Å². The molecule has 1 aliphatic carbocycles. The van der Waals surface area contributed by atoms with Gasteiger partial charge in [0.25, 0.3) is 5.91 Å². The Kier molecular flexibility index (Phi) is 3.72. The first kappa shape index (κ1) is 13.8. The molecule has 112 valence electrons. The van der Waals surface area contributed by atoms with Crippen LogP contribution in [0.1, 0.15) is 53.2 Å². The van der Waals surface area contributed by atoms with Crippen LogP contribution in [0.4, 0.5) is 0 Å². The van der Waals surface area contributed by atoms with E-state index >= 15 is 0 Å². The fourth-order valence-electron chi connectivity index (χ4n) is 2.71. The molecule has 1 aliphatic rings. The SMILES string of the molecule is CCc1noc(CNC(=O)c2c3c(nn2C)CCCC3)n1. The number of nitrogens with zero attached hydrogens (tertiary/aromatic N) is 4. The second-order valence-electron chi connectivity index (χ2n) is 5.25. The summed E-state index contributed by atoms with van der Waals surface area (Å²) in [4.78, 5) is 16.6. The highest BCUT2D eigenvalue weighted by Gasteiger charge is 2.23. The fourth-order valence-corrected chi connectivity index (χ4v) is 2.71. The van der Waals surface area contributed by atoms with Crippen molar-refractivity contribution in [1.29, 1.82) is 0 Å². The van der Waals surface area contributed by atoms with Gasteiger partial charge in [0.2, 0.25) is 5.89 Å². The number of carbonyl (C=O) groups is 1. The summed E-state index contributed by atoms with van der Waals surface area (Å²) in [5, 5.41) is 11.1. The normalized spacial score (nSPS) is 14.0. The molecule has 0 spiro atoms. The second kappa shape index (κ2) is 5.67. The first-order valence-electron chi connectivity index (χ1n) is 7.33. The first-order valence-corrected chi connectivity index (χ1v) is 7.33. The molecular weight excluding hydrogens is 270 g/mol. The summed E-state index contributed by atoms with van der Waals surface area (Å²) in [7, 11) is 1.81. The molecule has 0 saturated heterocycles. The molecule has 1 amide bonds. The van der Waals surface area contributed by atoms with E-state index in [0.717, 1.165) is 36.9 Å². The standard InChI is InChI=1S/C14H19N5O2/c1-3-11-16-12(21-18-11)8-15-14(20)13-9-6-4-5-7-10(9)17-19(13)2/h3-8H2,1-2H3,(H,15,20). The molecule has 0 radical (unpaired) electrons. The van der Waals surface area contributed by atoms with Gasteiger partial charge in [-0.2, -0.15) is 10.1 Å². The number of carbonyl (C=O) groups excluding carboxylic acids is 1. The van der Waals surface area contributed by atoms with Crippen molar-refractivity contribution in [2.75, 3.05) is 0 Å². The molecule has 1 N–H and O–H groups in total. The van der Waals surface area contributed by atoms with Crippen LogP contribution in [0.15, 0.2) is 4.52 Å². The molecule has 0 atom stereocenters. The van der Waals surface area contributed by atoms with Crippen LogP contribution in [0.2, 0.25) is 0 Å². The van der Waals surface area contributed by atoms with Crippen LogP contribution in [0.25, 0.3) is 0 Å². The Morgan fingerprint density at radius 2 is 2.19 bits per heavy atom. The van der Waals surface area contributed by atoms with Gasteiger partial charge >= 0.3 is 0 Å². The first-order chi connectivity index (χ1) is 10.2. The van der Waals surface area contributed by atoms with Crippen molar-refractivity contribution < 1.29 is 9.32 Å². The smallest absolute Gasteiger partial charge is 0.270 e. The van der Waals surface area contributed by atoms with E-state index in [1.165, 1.54) is 0 Å². The predicted molar refractivity (Wildman–Crippen MR) is 74.7 cm³/mol. The summed E-state index contributed by atoms with van der Waals surface area (Å²) in [6, 6.07) is 0. The van der Waals surface area contributed by atoms with E-state index in [4.69, 9.17) is 4.52 Å². The van der Waals surface area contributed by atoms with Crippen molar-refractivity contribution in [2.24, 2.45) is 7.05 Å². The molecule has 7 heteroatoms. The molecule has 7 nitrogen and oxygen atoms in total. The monoisotopic (exact) mass is 289 g/mol. The molecule has 0 fully saturated rings. The lowest BCUT2D eigenvalue weighted by atomic mass is 9.95. The number of hydrogen-bond acceptors (Lipinski definition) is 5. The lowest BCUT2D eigenvalue weighted by Gasteiger charge is -2.10. The summed E-state index contributed by atoms with van der Waals surface area (Å²) in [6.45, 7) is 2.20. The van der Waals surface area contributed by atoms with E-state index in [2.05, 4.69) is 20.6 Å². The van der Waals surface area contributed by atoms with Gasteiger partial charge in [-0.25, -0.2) is 0 Å². The zero-order valence-corrected chi connectivity index (χ0v) is 12.3. The molecule has 2 heterocycles. The van der Waals surface area contributed by atoms with Gasteiger partial charge in [-0.1, -0.05) is 12.1 Å². The van der Waals surface area contributed by atoms with Gasteiger partial charge in [0.1, 0.15) is 5.69 Å². The highest BCUT2D eigenvalue weighted by atomic mass is 16.5. The van der Waals surface area contributed by atoms with Crippen molar-refractivity contribution in [3.8, 4) is 0 Å². The molecule has 0 aliphatic heterocycles. The summed E-state index contributed by atoms with van der Waals surface area (Å²) in [5.74, 6) is 0.942. The van der Waals surface area contributed by atoms with E-state index in [1.807, 2.05) is 14.0 Å². The Labute approximate surface area is 122 Å². The molecule has 0 unspecified atom stereocenters. The van der Waals surface area contributed by atoms with Crippen LogP contribution in [0.3, 0.4) is 0 Å². The van der Waals surface area contributed by atoms with Crippen molar-refractivity contribution >= 4 is 5.91 Å². The van der Waals surface area contributed by atoms with Crippen LogP contribution in [0.5, 0.6) is 0 Å². The van der Waals surface area contributed by atoms with E-state index in [-0.39, 0.29) is 12.5 Å². The van der Waals surface area contributed by atoms with Crippen molar-refractivity contribution in [3.63, 3.8) is 0 Å². The van der Waals surface area contributed by atoms with Crippen LogP contribution in [0, 0.1) is 0 Å². The highest BCUT2D eigenvalue weighted by Crippen LogP contribution is 2.23. The maximum absolute atomic E-state index is 12.4. The van der Waals surface area contributed by atoms with Crippen molar-refractivity contribution in [3.05, 3.63) is 28.7 Å². The predicted octanol–water partition coefficient (Wildman–Crippen LogP) is 1.17. The van der Waals surface area contributed by atoms with Crippen molar-refractivity contribution in [1.82, 2.24) is 25.2 Å². The summed E-state index contributed by atoms with van der Waals surface area (Å²) >= 11 is 0. The van der Waals surface area contributed by atoms with Crippen LogP contribution >= 0.6 is 0 Å².